The lowest BCUT2D eigenvalue weighted by Crippen LogP contribution is -2.27. The summed E-state index contributed by atoms with van der Waals surface area (Å²) in [5, 5.41) is 5.71. The molecule has 28 heavy (non-hydrogen) atoms. The highest BCUT2D eigenvalue weighted by Crippen LogP contribution is 2.11. The van der Waals surface area contributed by atoms with Crippen LogP contribution in [0, 0.1) is 6.92 Å². The van der Waals surface area contributed by atoms with Crippen LogP contribution in [0.25, 0.3) is 11.0 Å². The first-order valence-corrected chi connectivity index (χ1v) is 10.4. The fourth-order valence-corrected chi connectivity index (χ4v) is 3.38. The molecule has 6 nitrogen and oxygen atoms in total. The molecule has 146 valence electrons. The molecule has 3 rings (SSSR count). The third-order valence-electron chi connectivity index (χ3n) is 4.15. The molecule has 0 bridgehead atoms. The Morgan fingerprint density at radius 2 is 1.79 bits per heavy atom. The SMILES string of the molecule is Cc1ccc(NC(=O)CSCC(=O)NCCCc2nc3ccccc3[nH]2)cc1. The number of fused-ring (bicyclic) bond motifs is 1. The lowest BCUT2D eigenvalue weighted by molar-refractivity contribution is -0.118. The number of benzene rings is 2. The predicted octanol–water partition coefficient (Wildman–Crippen LogP) is 3.29. The van der Waals surface area contributed by atoms with Gasteiger partial charge in [-0.2, -0.15) is 0 Å². The zero-order chi connectivity index (χ0) is 19.8. The molecule has 0 saturated heterocycles. The van der Waals surface area contributed by atoms with Gasteiger partial charge in [0.05, 0.1) is 22.5 Å². The summed E-state index contributed by atoms with van der Waals surface area (Å²) in [6.45, 7) is 2.59. The van der Waals surface area contributed by atoms with Crippen LogP contribution in [0.3, 0.4) is 0 Å². The quantitative estimate of drug-likeness (QED) is 0.485. The Balaban J connectivity index is 1.28. The molecule has 0 radical (unpaired) electrons. The third-order valence-corrected chi connectivity index (χ3v) is 5.09. The van der Waals surface area contributed by atoms with Crippen molar-refractivity contribution in [2.75, 3.05) is 23.4 Å². The zero-order valence-corrected chi connectivity index (χ0v) is 16.6. The predicted molar refractivity (Wildman–Crippen MR) is 115 cm³/mol. The van der Waals surface area contributed by atoms with E-state index in [0.717, 1.165) is 41.0 Å². The van der Waals surface area contributed by atoms with E-state index in [1.165, 1.54) is 11.8 Å². The van der Waals surface area contributed by atoms with E-state index < -0.39 is 0 Å². The van der Waals surface area contributed by atoms with Gasteiger partial charge in [0.25, 0.3) is 0 Å². The van der Waals surface area contributed by atoms with Gasteiger partial charge in [-0.15, -0.1) is 11.8 Å². The molecule has 2 aromatic carbocycles. The molecule has 0 fully saturated rings. The van der Waals surface area contributed by atoms with E-state index in [1.807, 2.05) is 55.5 Å². The molecule has 0 aliphatic heterocycles. The van der Waals surface area contributed by atoms with Gasteiger partial charge in [0.15, 0.2) is 0 Å². The van der Waals surface area contributed by atoms with Crippen LogP contribution in [0.1, 0.15) is 17.8 Å². The normalized spacial score (nSPS) is 10.8. The maximum atomic E-state index is 11.9. The Kier molecular flexibility index (Phi) is 7.08. The van der Waals surface area contributed by atoms with E-state index in [0.29, 0.717) is 6.54 Å². The third kappa shape index (κ3) is 6.13. The maximum Gasteiger partial charge on any atom is 0.234 e. The zero-order valence-electron chi connectivity index (χ0n) is 15.8. The van der Waals surface area contributed by atoms with Gasteiger partial charge in [-0.05, 0) is 37.6 Å². The Morgan fingerprint density at radius 1 is 1.04 bits per heavy atom. The van der Waals surface area contributed by atoms with Gasteiger partial charge in [0, 0.05) is 18.7 Å². The number of para-hydroxylation sites is 2. The summed E-state index contributed by atoms with van der Waals surface area (Å²) < 4.78 is 0. The van der Waals surface area contributed by atoms with Crippen molar-refractivity contribution >= 4 is 40.3 Å². The number of anilines is 1. The van der Waals surface area contributed by atoms with E-state index >= 15 is 0 Å². The summed E-state index contributed by atoms with van der Waals surface area (Å²) >= 11 is 1.31. The number of carbonyl (C=O) groups excluding carboxylic acids is 2. The van der Waals surface area contributed by atoms with Gasteiger partial charge in [-0.3, -0.25) is 9.59 Å². The second-order valence-electron chi connectivity index (χ2n) is 6.56. The van der Waals surface area contributed by atoms with Crippen LogP contribution >= 0.6 is 11.8 Å². The number of aromatic amines is 1. The van der Waals surface area contributed by atoms with Gasteiger partial charge >= 0.3 is 0 Å². The summed E-state index contributed by atoms with van der Waals surface area (Å²) in [5.41, 5.74) is 3.90. The summed E-state index contributed by atoms with van der Waals surface area (Å²) in [6, 6.07) is 15.5. The van der Waals surface area contributed by atoms with E-state index in [-0.39, 0.29) is 23.3 Å². The van der Waals surface area contributed by atoms with Crippen molar-refractivity contribution in [1.29, 1.82) is 0 Å². The van der Waals surface area contributed by atoms with Crippen LogP contribution in [0.2, 0.25) is 0 Å². The number of aryl methyl sites for hydroxylation is 2. The number of carbonyl (C=O) groups is 2. The highest BCUT2D eigenvalue weighted by molar-refractivity contribution is 8.00. The van der Waals surface area contributed by atoms with Crippen LogP contribution in [-0.4, -0.2) is 39.8 Å². The first-order valence-electron chi connectivity index (χ1n) is 9.25. The average molecular weight is 397 g/mol. The second kappa shape index (κ2) is 9.94. The van der Waals surface area contributed by atoms with E-state index in [1.54, 1.807) is 0 Å². The Morgan fingerprint density at radius 3 is 2.57 bits per heavy atom. The number of nitrogens with one attached hydrogen (secondary N) is 3. The Bertz CT molecular complexity index is 904. The second-order valence-corrected chi connectivity index (χ2v) is 7.55. The van der Waals surface area contributed by atoms with Crippen molar-refractivity contribution in [3.05, 3.63) is 59.9 Å². The number of imidazole rings is 1. The largest absolute Gasteiger partial charge is 0.355 e. The van der Waals surface area contributed by atoms with Crippen LogP contribution in [0.5, 0.6) is 0 Å². The van der Waals surface area contributed by atoms with Gasteiger partial charge in [-0.1, -0.05) is 29.8 Å². The molecule has 0 unspecified atom stereocenters. The number of hydrogen-bond acceptors (Lipinski definition) is 4. The standard InChI is InChI=1S/C21H24N4O2S/c1-15-8-10-16(11-9-15)23-21(27)14-28-13-20(26)22-12-4-7-19-24-17-5-2-3-6-18(17)25-19/h2-3,5-6,8-11H,4,7,12-14H2,1H3,(H,22,26)(H,23,27)(H,24,25). The molecule has 0 aliphatic rings. The molecule has 0 spiro atoms. The summed E-state index contributed by atoms with van der Waals surface area (Å²) in [5.74, 6) is 1.29. The maximum absolute atomic E-state index is 11.9. The monoisotopic (exact) mass is 396 g/mol. The fraction of sp³-hybridized carbons (Fsp3) is 0.286. The molecule has 7 heteroatoms. The number of aromatic nitrogens is 2. The van der Waals surface area contributed by atoms with Gasteiger partial charge in [0.2, 0.25) is 11.8 Å². The minimum atomic E-state index is -0.105. The van der Waals surface area contributed by atoms with Gasteiger partial charge in [0.1, 0.15) is 5.82 Å². The molecule has 3 aromatic rings. The first-order chi connectivity index (χ1) is 13.6. The molecule has 2 amide bonds. The Hall–Kier alpha value is -2.80. The van der Waals surface area contributed by atoms with Crippen LogP contribution in [-0.2, 0) is 16.0 Å². The van der Waals surface area contributed by atoms with Gasteiger partial charge in [-0.25, -0.2) is 4.98 Å². The number of rotatable bonds is 9. The minimum absolute atomic E-state index is 0.0576. The number of hydrogen-bond donors (Lipinski definition) is 3. The summed E-state index contributed by atoms with van der Waals surface area (Å²) in [7, 11) is 0. The molecular weight excluding hydrogens is 372 g/mol. The average Bonchev–Trinajstić information content (AvgIpc) is 3.10. The topological polar surface area (TPSA) is 86.9 Å². The minimum Gasteiger partial charge on any atom is -0.355 e. The lowest BCUT2D eigenvalue weighted by atomic mass is 10.2. The highest BCUT2D eigenvalue weighted by Gasteiger charge is 2.07. The highest BCUT2D eigenvalue weighted by atomic mass is 32.2. The summed E-state index contributed by atoms with van der Waals surface area (Å²) in [6.07, 6.45) is 1.59. The summed E-state index contributed by atoms with van der Waals surface area (Å²) in [4.78, 5) is 31.6. The van der Waals surface area contributed by atoms with Gasteiger partial charge < -0.3 is 15.6 Å². The molecular formula is C21H24N4O2S. The lowest BCUT2D eigenvalue weighted by Gasteiger charge is -2.06. The first kappa shape index (κ1) is 19.9. The molecule has 0 atom stereocenters. The Labute approximate surface area is 168 Å². The van der Waals surface area contributed by atoms with Crippen molar-refractivity contribution in [2.45, 2.75) is 19.8 Å². The van der Waals surface area contributed by atoms with E-state index in [9.17, 15) is 9.59 Å². The molecule has 1 aromatic heterocycles. The molecule has 0 saturated carbocycles. The smallest absolute Gasteiger partial charge is 0.234 e. The van der Waals surface area contributed by atoms with Crippen molar-refractivity contribution in [1.82, 2.24) is 15.3 Å². The van der Waals surface area contributed by atoms with Crippen molar-refractivity contribution in [3.8, 4) is 0 Å². The fourth-order valence-electron chi connectivity index (χ4n) is 2.73. The number of nitrogens with zero attached hydrogens (tertiary/aromatic N) is 1. The van der Waals surface area contributed by atoms with E-state index in [4.69, 9.17) is 0 Å². The van der Waals surface area contributed by atoms with Crippen LogP contribution in [0.15, 0.2) is 48.5 Å². The van der Waals surface area contributed by atoms with Crippen molar-refractivity contribution < 1.29 is 9.59 Å². The molecule has 0 aliphatic carbocycles. The van der Waals surface area contributed by atoms with Crippen LogP contribution < -0.4 is 10.6 Å². The number of thioether (sulfide) groups is 1. The number of H-pyrrole nitrogens is 1. The molecule has 3 N–H and O–H groups in total. The van der Waals surface area contributed by atoms with Crippen molar-refractivity contribution in [2.24, 2.45) is 0 Å². The van der Waals surface area contributed by atoms with E-state index in [2.05, 4.69) is 20.6 Å². The molecule has 1 heterocycles. The number of amides is 2. The van der Waals surface area contributed by atoms with Crippen molar-refractivity contribution in [3.63, 3.8) is 0 Å². The van der Waals surface area contributed by atoms with Crippen LogP contribution in [0.4, 0.5) is 5.69 Å².